The molecule has 0 atom stereocenters. The summed E-state index contributed by atoms with van der Waals surface area (Å²) in [5.74, 6) is 4.93. The van der Waals surface area contributed by atoms with Crippen molar-refractivity contribution in [3.63, 3.8) is 0 Å². The predicted octanol–water partition coefficient (Wildman–Crippen LogP) is -0.601. The van der Waals surface area contributed by atoms with Crippen molar-refractivity contribution in [1.82, 2.24) is 0 Å². The first-order valence-electron chi connectivity index (χ1n) is 4.22. The zero-order valence-electron chi connectivity index (χ0n) is 7.70. The van der Waals surface area contributed by atoms with Crippen LogP contribution in [-0.2, 0) is 0 Å². The van der Waals surface area contributed by atoms with Gasteiger partial charge in [0.05, 0.1) is 0 Å². The normalized spacial score (nSPS) is 11.2. The van der Waals surface area contributed by atoms with Gasteiger partial charge >= 0.3 is 5.69 Å². The van der Waals surface area contributed by atoms with Gasteiger partial charge in [-0.1, -0.05) is 12.1 Å². The van der Waals surface area contributed by atoms with Gasteiger partial charge in [-0.25, -0.2) is 0 Å². The Hall–Kier alpha value is -2.37. The maximum atomic E-state index is 11.7. The molecule has 1 heterocycles. The molecular formula is C9H8N4O2. The fraction of sp³-hybridized carbons (Fsp3) is 0. The summed E-state index contributed by atoms with van der Waals surface area (Å²) in [6, 6.07) is 6.50. The molecule has 0 aliphatic carbocycles. The third-order valence-electron chi connectivity index (χ3n) is 2.03. The van der Waals surface area contributed by atoms with Crippen molar-refractivity contribution in [2.24, 2.45) is 10.9 Å². The lowest BCUT2D eigenvalue weighted by molar-refractivity contribution is -0.629. The number of nitrogens with two attached hydrogens (primary N) is 1. The van der Waals surface area contributed by atoms with E-state index in [4.69, 9.17) is 5.84 Å². The van der Waals surface area contributed by atoms with Crippen molar-refractivity contribution in [1.29, 1.82) is 0 Å². The quantitative estimate of drug-likeness (QED) is 0.221. The van der Waals surface area contributed by atoms with Crippen LogP contribution in [0.2, 0.25) is 0 Å². The molecule has 15 heavy (non-hydrogen) atoms. The number of fused-ring (bicyclic) bond motifs is 1. The van der Waals surface area contributed by atoms with Gasteiger partial charge in [-0.05, 0) is 0 Å². The highest BCUT2D eigenvalue weighted by atomic mass is 16.5. The van der Waals surface area contributed by atoms with Crippen LogP contribution in [0.1, 0.15) is 5.69 Å². The summed E-state index contributed by atoms with van der Waals surface area (Å²) in [6.45, 7) is 0. The van der Waals surface area contributed by atoms with Crippen molar-refractivity contribution in [2.75, 3.05) is 0 Å². The first-order valence-corrected chi connectivity index (χ1v) is 4.22. The van der Waals surface area contributed by atoms with Gasteiger partial charge in [0.15, 0.2) is 0 Å². The molecule has 0 unspecified atom stereocenters. The highest BCUT2D eigenvalue weighted by Gasteiger charge is 2.16. The molecule has 2 N–H and O–H groups in total. The first-order chi connectivity index (χ1) is 7.24. The molecule has 0 saturated carbocycles. The van der Waals surface area contributed by atoms with E-state index in [0.717, 1.165) is 12.4 Å². The maximum absolute atomic E-state index is 11.7. The standard InChI is InChI=1S/C9H8N4O2/c10-11-5-7-6-12(14)8-3-1-2-4-9(8)13(7)15/h1-6H,10H2/b11-5+. The molecule has 0 amide bonds. The number of hydrogen-bond acceptors (Lipinski definition) is 4. The molecule has 0 fully saturated rings. The molecule has 2 rings (SSSR count). The second-order valence-electron chi connectivity index (χ2n) is 2.94. The van der Waals surface area contributed by atoms with E-state index in [1.54, 1.807) is 24.3 Å². The number of para-hydroxylation sites is 2. The monoisotopic (exact) mass is 204 g/mol. The molecule has 76 valence electrons. The van der Waals surface area contributed by atoms with Gasteiger partial charge in [-0.3, -0.25) is 0 Å². The minimum absolute atomic E-state index is 0.103. The molecule has 0 bridgehead atoms. The van der Waals surface area contributed by atoms with Gasteiger partial charge in [0, 0.05) is 12.1 Å². The van der Waals surface area contributed by atoms with E-state index in [1.165, 1.54) is 0 Å². The first kappa shape index (κ1) is 9.20. The van der Waals surface area contributed by atoms with E-state index in [9.17, 15) is 10.4 Å². The van der Waals surface area contributed by atoms with Gasteiger partial charge in [0.2, 0.25) is 0 Å². The summed E-state index contributed by atoms with van der Waals surface area (Å²) in [4.78, 5) is 0. The molecule has 0 saturated heterocycles. The maximum Gasteiger partial charge on any atom is 0.302 e. The summed E-state index contributed by atoms with van der Waals surface area (Å²) >= 11 is 0. The molecule has 0 aliphatic heterocycles. The molecule has 1 aromatic heterocycles. The van der Waals surface area contributed by atoms with Gasteiger partial charge in [0.25, 0.3) is 17.2 Å². The fourth-order valence-corrected chi connectivity index (χ4v) is 1.37. The average Bonchev–Trinajstić information content (AvgIpc) is 2.26. The Morgan fingerprint density at radius 3 is 2.53 bits per heavy atom. The summed E-state index contributed by atoms with van der Waals surface area (Å²) in [6.07, 6.45) is 2.26. The number of hydrogen-bond donors (Lipinski definition) is 1. The summed E-state index contributed by atoms with van der Waals surface area (Å²) < 4.78 is 1.22. The van der Waals surface area contributed by atoms with Crippen molar-refractivity contribution in [3.05, 3.63) is 46.6 Å². The number of benzene rings is 1. The minimum Gasteiger partial charge on any atom is -0.618 e. The second-order valence-corrected chi connectivity index (χ2v) is 2.94. The second kappa shape index (κ2) is 3.41. The van der Waals surface area contributed by atoms with E-state index >= 15 is 0 Å². The third-order valence-corrected chi connectivity index (χ3v) is 2.03. The van der Waals surface area contributed by atoms with E-state index in [-0.39, 0.29) is 11.2 Å². The molecule has 2 aromatic rings. The molecule has 6 heteroatoms. The number of nitrogens with zero attached hydrogens (tertiary/aromatic N) is 3. The molecule has 0 spiro atoms. The Labute approximate surface area is 85.0 Å². The highest BCUT2D eigenvalue weighted by Crippen LogP contribution is 2.03. The van der Waals surface area contributed by atoms with Crippen molar-refractivity contribution < 1.29 is 9.46 Å². The largest absolute Gasteiger partial charge is 0.618 e. The summed E-state index contributed by atoms with van der Waals surface area (Å²) in [5.41, 5.74) is 0.692. The lowest BCUT2D eigenvalue weighted by Gasteiger charge is -2.04. The van der Waals surface area contributed by atoms with Crippen LogP contribution in [0, 0.1) is 10.4 Å². The summed E-state index contributed by atoms with van der Waals surface area (Å²) in [7, 11) is 0. The number of hydrazone groups is 1. The lowest BCUT2D eigenvalue weighted by atomic mass is 10.3. The van der Waals surface area contributed by atoms with Crippen LogP contribution < -0.4 is 15.3 Å². The zero-order chi connectivity index (χ0) is 10.8. The Kier molecular flexibility index (Phi) is 2.09. The van der Waals surface area contributed by atoms with Crippen LogP contribution in [0.15, 0.2) is 35.6 Å². The molecule has 0 radical (unpaired) electrons. The SMILES string of the molecule is N/N=C/c1c[n+]([O-])c2ccccc2[n+]1[O-]. The van der Waals surface area contributed by atoms with E-state index in [2.05, 4.69) is 5.10 Å². The summed E-state index contributed by atoms with van der Waals surface area (Å²) in [5, 5.41) is 26.4. The van der Waals surface area contributed by atoms with Crippen molar-refractivity contribution >= 4 is 17.2 Å². The number of aromatic nitrogens is 2. The van der Waals surface area contributed by atoms with E-state index in [0.29, 0.717) is 15.0 Å². The van der Waals surface area contributed by atoms with Crippen molar-refractivity contribution in [2.45, 2.75) is 0 Å². The average molecular weight is 204 g/mol. The predicted molar refractivity (Wildman–Crippen MR) is 53.6 cm³/mol. The molecular weight excluding hydrogens is 196 g/mol. The fourth-order valence-electron chi connectivity index (χ4n) is 1.37. The lowest BCUT2D eigenvalue weighted by Crippen LogP contribution is -2.41. The zero-order valence-corrected chi connectivity index (χ0v) is 7.70. The van der Waals surface area contributed by atoms with Crippen molar-refractivity contribution in [3.8, 4) is 0 Å². The van der Waals surface area contributed by atoms with E-state index < -0.39 is 0 Å². The van der Waals surface area contributed by atoms with Crippen LogP contribution in [0.4, 0.5) is 0 Å². The topological polar surface area (TPSA) is 92.3 Å². The van der Waals surface area contributed by atoms with Gasteiger partial charge in [-0.2, -0.15) is 14.6 Å². The Morgan fingerprint density at radius 2 is 1.87 bits per heavy atom. The molecule has 6 nitrogen and oxygen atoms in total. The smallest absolute Gasteiger partial charge is 0.302 e. The highest BCUT2D eigenvalue weighted by molar-refractivity contribution is 5.76. The third kappa shape index (κ3) is 1.41. The van der Waals surface area contributed by atoms with Crippen LogP contribution in [0.25, 0.3) is 11.0 Å². The van der Waals surface area contributed by atoms with Gasteiger partial charge in [-0.15, -0.1) is 0 Å². The Bertz CT molecular complexity index is 539. The van der Waals surface area contributed by atoms with Gasteiger partial charge < -0.3 is 16.3 Å². The Morgan fingerprint density at radius 1 is 1.20 bits per heavy atom. The van der Waals surface area contributed by atoms with Gasteiger partial charge in [0.1, 0.15) is 6.21 Å². The Balaban J connectivity index is 2.84. The van der Waals surface area contributed by atoms with Crippen LogP contribution in [0.5, 0.6) is 0 Å². The van der Waals surface area contributed by atoms with Crippen LogP contribution in [0.3, 0.4) is 0 Å². The molecule has 1 aromatic carbocycles. The van der Waals surface area contributed by atoms with Crippen LogP contribution >= 0.6 is 0 Å². The van der Waals surface area contributed by atoms with E-state index in [1.807, 2.05) is 0 Å². The number of rotatable bonds is 1. The molecule has 0 aliphatic rings. The van der Waals surface area contributed by atoms with Crippen LogP contribution in [-0.4, -0.2) is 6.21 Å². The minimum atomic E-state index is 0.103.